The molecule has 16 heavy (non-hydrogen) atoms. The van der Waals surface area contributed by atoms with Gasteiger partial charge in [-0.05, 0) is 26.0 Å². The number of ether oxygens (including phenoxy) is 1. The zero-order valence-corrected chi connectivity index (χ0v) is 9.99. The van der Waals surface area contributed by atoms with E-state index in [2.05, 4.69) is 8.75 Å². The van der Waals surface area contributed by atoms with Crippen LogP contribution < -0.4 is 10.5 Å². The number of rotatable bonds is 3. The van der Waals surface area contributed by atoms with E-state index in [1.54, 1.807) is 0 Å². The fraction of sp³-hybridized carbons (Fsp3) is 0.273. The maximum Gasteiger partial charge on any atom is 0.254 e. The Morgan fingerprint density at radius 3 is 2.81 bits per heavy atom. The van der Waals surface area contributed by atoms with Crippen LogP contribution in [0.15, 0.2) is 24.3 Å². The van der Waals surface area contributed by atoms with Gasteiger partial charge in [0.05, 0.1) is 17.8 Å². The molecule has 0 saturated carbocycles. The molecule has 0 unspecified atom stereocenters. The first-order valence-corrected chi connectivity index (χ1v) is 5.75. The van der Waals surface area contributed by atoms with Crippen molar-refractivity contribution in [2.45, 2.75) is 20.0 Å². The van der Waals surface area contributed by atoms with Crippen LogP contribution in [0.3, 0.4) is 0 Å². The standard InChI is InChI=1S/C11H13N3OS/c1-7(2)15-11-10(13-16-14-11)8-4-3-5-9(12)6-8/h3-7H,12H2,1-2H3. The SMILES string of the molecule is CC(C)Oc1nsnc1-c1cccc(N)c1. The van der Waals surface area contributed by atoms with Gasteiger partial charge in [-0.1, -0.05) is 12.1 Å². The van der Waals surface area contributed by atoms with Crippen molar-refractivity contribution in [2.24, 2.45) is 0 Å². The van der Waals surface area contributed by atoms with E-state index in [4.69, 9.17) is 10.5 Å². The van der Waals surface area contributed by atoms with Crippen LogP contribution >= 0.6 is 11.7 Å². The Kier molecular flexibility index (Phi) is 3.05. The lowest BCUT2D eigenvalue weighted by molar-refractivity contribution is 0.236. The monoisotopic (exact) mass is 235 g/mol. The van der Waals surface area contributed by atoms with Crippen molar-refractivity contribution < 1.29 is 4.74 Å². The normalized spacial score (nSPS) is 10.7. The molecule has 0 aliphatic rings. The number of hydrogen-bond acceptors (Lipinski definition) is 5. The summed E-state index contributed by atoms with van der Waals surface area (Å²) in [5.41, 5.74) is 8.13. The number of nitrogens with zero attached hydrogens (tertiary/aromatic N) is 2. The van der Waals surface area contributed by atoms with E-state index in [0.29, 0.717) is 11.6 Å². The van der Waals surface area contributed by atoms with E-state index in [0.717, 1.165) is 23.0 Å². The number of anilines is 1. The lowest BCUT2D eigenvalue weighted by Crippen LogP contribution is -2.06. The molecule has 0 saturated heterocycles. The van der Waals surface area contributed by atoms with Gasteiger partial charge < -0.3 is 10.5 Å². The molecule has 0 amide bonds. The predicted octanol–water partition coefficient (Wildman–Crippen LogP) is 2.57. The van der Waals surface area contributed by atoms with Crippen LogP contribution in [0.1, 0.15) is 13.8 Å². The summed E-state index contributed by atoms with van der Waals surface area (Å²) >= 11 is 1.14. The van der Waals surface area contributed by atoms with Gasteiger partial charge in [-0.15, -0.1) is 4.37 Å². The number of nitrogen functional groups attached to an aromatic ring is 1. The second kappa shape index (κ2) is 4.49. The van der Waals surface area contributed by atoms with E-state index in [9.17, 15) is 0 Å². The van der Waals surface area contributed by atoms with E-state index in [1.165, 1.54) is 0 Å². The first-order valence-electron chi connectivity index (χ1n) is 5.02. The van der Waals surface area contributed by atoms with Crippen LogP contribution in [0.5, 0.6) is 5.88 Å². The fourth-order valence-electron chi connectivity index (χ4n) is 1.34. The summed E-state index contributed by atoms with van der Waals surface area (Å²) < 4.78 is 13.9. The van der Waals surface area contributed by atoms with Gasteiger partial charge in [0.1, 0.15) is 5.69 Å². The molecule has 2 rings (SSSR count). The Hall–Kier alpha value is -1.62. The summed E-state index contributed by atoms with van der Waals surface area (Å²) in [5.74, 6) is 0.575. The van der Waals surface area contributed by atoms with Crippen molar-refractivity contribution in [3.8, 4) is 17.1 Å². The third-order valence-corrected chi connectivity index (χ3v) is 2.48. The summed E-state index contributed by atoms with van der Waals surface area (Å²) in [5, 5.41) is 0. The van der Waals surface area contributed by atoms with Crippen molar-refractivity contribution in [2.75, 3.05) is 5.73 Å². The molecular formula is C11H13N3OS. The lowest BCUT2D eigenvalue weighted by Gasteiger charge is -2.07. The molecule has 1 aromatic carbocycles. The molecule has 4 nitrogen and oxygen atoms in total. The highest BCUT2D eigenvalue weighted by Crippen LogP contribution is 2.29. The number of hydrogen-bond donors (Lipinski definition) is 1. The van der Waals surface area contributed by atoms with Crippen LogP contribution in [-0.4, -0.2) is 14.9 Å². The largest absolute Gasteiger partial charge is 0.473 e. The van der Waals surface area contributed by atoms with Crippen LogP contribution in [0, 0.1) is 0 Å². The van der Waals surface area contributed by atoms with Gasteiger partial charge in [0, 0.05) is 11.3 Å². The molecule has 2 N–H and O–H groups in total. The van der Waals surface area contributed by atoms with Crippen LogP contribution in [0.4, 0.5) is 5.69 Å². The summed E-state index contributed by atoms with van der Waals surface area (Å²) in [7, 11) is 0. The van der Waals surface area contributed by atoms with E-state index in [-0.39, 0.29) is 6.10 Å². The molecular weight excluding hydrogens is 222 g/mol. The summed E-state index contributed by atoms with van der Waals surface area (Å²) in [6.45, 7) is 3.92. The summed E-state index contributed by atoms with van der Waals surface area (Å²) in [6.07, 6.45) is 0.0868. The molecule has 5 heteroatoms. The molecule has 0 aliphatic carbocycles. The third-order valence-electron chi connectivity index (χ3n) is 1.97. The van der Waals surface area contributed by atoms with Crippen molar-refractivity contribution in [3.63, 3.8) is 0 Å². The third kappa shape index (κ3) is 2.30. The topological polar surface area (TPSA) is 61.0 Å². The number of aromatic nitrogens is 2. The second-order valence-electron chi connectivity index (χ2n) is 3.71. The molecule has 0 atom stereocenters. The zero-order chi connectivity index (χ0) is 11.5. The van der Waals surface area contributed by atoms with E-state index in [1.807, 2.05) is 38.1 Å². The number of nitrogens with two attached hydrogens (primary N) is 1. The first kappa shape index (κ1) is 10.9. The highest BCUT2D eigenvalue weighted by molar-refractivity contribution is 6.99. The highest BCUT2D eigenvalue weighted by atomic mass is 32.1. The van der Waals surface area contributed by atoms with Gasteiger partial charge in [0.2, 0.25) is 0 Å². The Morgan fingerprint density at radius 2 is 2.12 bits per heavy atom. The van der Waals surface area contributed by atoms with Crippen molar-refractivity contribution in [1.29, 1.82) is 0 Å². The first-order chi connectivity index (χ1) is 7.66. The Morgan fingerprint density at radius 1 is 1.31 bits per heavy atom. The van der Waals surface area contributed by atoms with E-state index >= 15 is 0 Å². The van der Waals surface area contributed by atoms with Gasteiger partial charge in [-0.3, -0.25) is 0 Å². The molecule has 0 fully saturated rings. The molecule has 2 aromatic rings. The van der Waals surface area contributed by atoms with Gasteiger partial charge in [0.15, 0.2) is 0 Å². The van der Waals surface area contributed by atoms with Gasteiger partial charge in [-0.2, -0.15) is 4.37 Å². The zero-order valence-electron chi connectivity index (χ0n) is 9.18. The van der Waals surface area contributed by atoms with Crippen LogP contribution in [0.2, 0.25) is 0 Å². The lowest BCUT2D eigenvalue weighted by atomic mass is 10.1. The smallest absolute Gasteiger partial charge is 0.254 e. The molecule has 1 heterocycles. The Balaban J connectivity index is 2.37. The minimum atomic E-state index is 0.0868. The average Bonchev–Trinajstić information content (AvgIpc) is 2.65. The Labute approximate surface area is 98.4 Å². The van der Waals surface area contributed by atoms with Gasteiger partial charge >= 0.3 is 0 Å². The molecule has 1 aromatic heterocycles. The van der Waals surface area contributed by atoms with E-state index < -0.39 is 0 Å². The molecule has 0 aliphatic heterocycles. The maximum atomic E-state index is 5.73. The minimum absolute atomic E-state index is 0.0868. The highest BCUT2D eigenvalue weighted by Gasteiger charge is 2.13. The average molecular weight is 235 g/mol. The number of benzene rings is 1. The summed E-state index contributed by atoms with van der Waals surface area (Å²) in [4.78, 5) is 0. The molecule has 84 valence electrons. The van der Waals surface area contributed by atoms with Crippen molar-refractivity contribution >= 4 is 17.4 Å². The molecule has 0 spiro atoms. The van der Waals surface area contributed by atoms with Crippen LogP contribution in [-0.2, 0) is 0 Å². The molecule has 0 radical (unpaired) electrons. The fourth-order valence-corrected chi connectivity index (χ4v) is 1.85. The quantitative estimate of drug-likeness (QED) is 0.830. The van der Waals surface area contributed by atoms with Gasteiger partial charge in [0.25, 0.3) is 5.88 Å². The molecule has 0 bridgehead atoms. The maximum absolute atomic E-state index is 5.73. The second-order valence-corrected chi connectivity index (χ2v) is 4.24. The van der Waals surface area contributed by atoms with Crippen LogP contribution in [0.25, 0.3) is 11.3 Å². The van der Waals surface area contributed by atoms with Crippen molar-refractivity contribution in [1.82, 2.24) is 8.75 Å². The van der Waals surface area contributed by atoms with Crippen molar-refractivity contribution in [3.05, 3.63) is 24.3 Å². The summed E-state index contributed by atoms with van der Waals surface area (Å²) in [6, 6.07) is 7.54. The predicted molar refractivity (Wildman–Crippen MR) is 65.5 cm³/mol. The van der Waals surface area contributed by atoms with Gasteiger partial charge in [-0.25, -0.2) is 0 Å². The minimum Gasteiger partial charge on any atom is -0.473 e. The Bertz CT molecular complexity index is 482.